The van der Waals surface area contributed by atoms with Gasteiger partial charge in [0.05, 0.1) is 12.1 Å². The molecule has 0 radical (unpaired) electrons. The minimum atomic E-state index is -0.967. The number of hydrogen-bond donors (Lipinski definition) is 1. The minimum Gasteiger partial charge on any atom is -0.481 e. The van der Waals surface area contributed by atoms with Gasteiger partial charge in [0.25, 0.3) is 5.89 Å². The van der Waals surface area contributed by atoms with E-state index >= 15 is 0 Å². The molecular formula is C11H8BrN5O4. The number of aliphatic carboxylic acids is 1. The molecule has 1 N–H and O–H groups in total. The van der Waals surface area contributed by atoms with Gasteiger partial charge in [-0.05, 0) is 28.1 Å². The van der Waals surface area contributed by atoms with Crippen LogP contribution in [0, 0.1) is 0 Å². The van der Waals surface area contributed by atoms with E-state index in [-0.39, 0.29) is 18.9 Å². The van der Waals surface area contributed by atoms with Gasteiger partial charge in [-0.2, -0.15) is 0 Å². The fourth-order valence-corrected chi connectivity index (χ4v) is 1.94. The van der Waals surface area contributed by atoms with Crippen molar-refractivity contribution in [3.8, 4) is 11.7 Å². The van der Waals surface area contributed by atoms with Crippen LogP contribution in [0.4, 0.5) is 0 Å². The number of nitrogens with zero attached hydrogens (tertiary/aromatic N) is 5. The first kappa shape index (κ1) is 13.5. The van der Waals surface area contributed by atoms with Crippen LogP contribution in [-0.4, -0.2) is 36.3 Å². The Labute approximate surface area is 125 Å². The summed E-state index contributed by atoms with van der Waals surface area (Å²) in [7, 11) is 0. The Bertz CT molecular complexity index is 777. The predicted octanol–water partition coefficient (Wildman–Crippen LogP) is 1.36. The average Bonchev–Trinajstić information content (AvgIpc) is 3.11. The summed E-state index contributed by atoms with van der Waals surface area (Å²) in [6.45, 7) is 0.196. The molecule has 0 aliphatic carbocycles. The number of carboxylic acids is 1. The lowest BCUT2D eigenvalue weighted by Gasteiger charge is -1.93. The molecule has 0 saturated carbocycles. The number of carbonyl (C=O) groups is 1. The highest BCUT2D eigenvalue weighted by Crippen LogP contribution is 2.23. The molecule has 0 amide bonds. The van der Waals surface area contributed by atoms with Crippen LogP contribution >= 0.6 is 15.9 Å². The molecule has 0 spiro atoms. The van der Waals surface area contributed by atoms with E-state index in [1.54, 1.807) is 12.1 Å². The first-order chi connectivity index (χ1) is 10.1. The van der Waals surface area contributed by atoms with E-state index in [0.29, 0.717) is 22.0 Å². The summed E-state index contributed by atoms with van der Waals surface area (Å²) in [5.74, 6) is 0.0437. The van der Waals surface area contributed by atoms with E-state index in [1.165, 1.54) is 10.9 Å². The molecule has 0 atom stereocenters. The third-order valence-electron chi connectivity index (χ3n) is 2.47. The standard InChI is InChI=1S/C11H8BrN5O4/c12-8-2-1-7(20-8)11-15-14-9(21-11)5-17-4-6(13-16-17)3-10(18)19/h1-2,4H,3,5H2,(H,18,19). The maximum Gasteiger partial charge on any atom is 0.309 e. The smallest absolute Gasteiger partial charge is 0.309 e. The third kappa shape index (κ3) is 3.16. The Balaban J connectivity index is 1.72. The Morgan fingerprint density at radius 2 is 2.14 bits per heavy atom. The second-order valence-electron chi connectivity index (χ2n) is 4.08. The van der Waals surface area contributed by atoms with Crippen LogP contribution in [0.2, 0.25) is 0 Å². The zero-order valence-corrected chi connectivity index (χ0v) is 12.0. The van der Waals surface area contributed by atoms with Gasteiger partial charge in [-0.3, -0.25) is 4.79 Å². The number of rotatable bonds is 5. The van der Waals surface area contributed by atoms with E-state index < -0.39 is 5.97 Å². The van der Waals surface area contributed by atoms with Gasteiger partial charge >= 0.3 is 5.97 Å². The van der Waals surface area contributed by atoms with Crippen LogP contribution in [0.15, 0.2) is 31.8 Å². The van der Waals surface area contributed by atoms with Crippen molar-refractivity contribution in [2.24, 2.45) is 0 Å². The van der Waals surface area contributed by atoms with Crippen molar-refractivity contribution < 1.29 is 18.7 Å². The van der Waals surface area contributed by atoms with Crippen LogP contribution in [0.5, 0.6) is 0 Å². The molecule has 3 aromatic heterocycles. The SMILES string of the molecule is O=C(O)Cc1cn(Cc2nnc(-c3ccc(Br)o3)o2)nn1. The molecule has 0 aromatic carbocycles. The molecule has 0 aliphatic rings. The van der Waals surface area contributed by atoms with E-state index in [2.05, 4.69) is 36.4 Å². The first-order valence-electron chi connectivity index (χ1n) is 5.79. The highest BCUT2D eigenvalue weighted by molar-refractivity contribution is 9.10. The molecule has 9 nitrogen and oxygen atoms in total. The molecule has 0 bridgehead atoms. The van der Waals surface area contributed by atoms with Gasteiger partial charge in [0.1, 0.15) is 6.54 Å². The molecule has 0 fully saturated rings. The van der Waals surface area contributed by atoms with Gasteiger partial charge in [-0.15, -0.1) is 15.3 Å². The molecule has 108 valence electrons. The maximum atomic E-state index is 10.6. The summed E-state index contributed by atoms with van der Waals surface area (Å²) in [6, 6.07) is 3.41. The molecule has 0 aliphatic heterocycles. The lowest BCUT2D eigenvalue weighted by atomic mass is 10.3. The van der Waals surface area contributed by atoms with E-state index in [1.807, 2.05) is 0 Å². The fraction of sp³-hybridized carbons (Fsp3) is 0.182. The first-order valence-corrected chi connectivity index (χ1v) is 6.58. The van der Waals surface area contributed by atoms with E-state index in [0.717, 1.165) is 0 Å². The molecule has 3 rings (SSSR count). The van der Waals surface area contributed by atoms with Gasteiger partial charge < -0.3 is 13.9 Å². The van der Waals surface area contributed by atoms with Gasteiger partial charge in [0, 0.05) is 6.20 Å². The van der Waals surface area contributed by atoms with Crippen molar-refractivity contribution >= 4 is 21.9 Å². The zero-order chi connectivity index (χ0) is 14.8. The van der Waals surface area contributed by atoms with Crippen molar-refractivity contribution in [2.45, 2.75) is 13.0 Å². The summed E-state index contributed by atoms with van der Waals surface area (Å²) in [5, 5.41) is 23.9. The molecule has 0 saturated heterocycles. The Kier molecular flexibility index (Phi) is 3.52. The van der Waals surface area contributed by atoms with Crippen molar-refractivity contribution in [1.82, 2.24) is 25.2 Å². The Hall–Kier alpha value is -2.49. The zero-order valence-electron chi connectivity index (χ0n) is 10.4. The quantitative estimate of drug-likeness (QED) is 0.729. The minimum absolute atomic E-state index is 0.185. The van der Waals surface area contributed by atoms with Gasteiger partial charge in [0.2, 0.25) is 5.89 Å². The topological polar surface area (TPSA) is 120 Å². The van der Waals surface area contributed by atoms with Crippen LogP contribution in [0.25, 0.3) is 11.7 Å². The largest absolute Gasteiger partial charge is 0.481 e. The van der Waals surface area contributed by atoms with Crippen LogP contribution in [0.1, 0.15) is 11.6 Å². The molecule has 10 heteroatoms. The summed E-state index contributed by atoms with van der Waals surface area (Å²) in [6.07, 6.45) is 1.33. The number of carboxylic acid groups (broad SMARTS) is 1. The van der Waals surface area contributed by atoms with Gasteiger partial charge in [-0.25, -0.2) is 4.68 Å². The van der Waals surface area contributed by atoms with Crippen LogP contribution < -0.4 is 0 Å². The highest BCUT2D eigenvalue weighted by Gasteiger charge is 2.13. The van der Waals surface area contributed by atoms with E-state index in [9.17, 15) is 4.79 Å². The number of aromatic nitrogens is 5. The normalized spacial score (nSPS) is 10.9. The van der Waals surface area contributed by atoms with Gasteiger partial charge in [0.15, 0.2) is 10.4 Å². The van der Waals surface area contributed by atoms with E-state index in [4.69, 9.17) is 13.9 Å². The summed E-state index contributed by atoms with van der Waals surface area (Å²) in [5.41, 5.74) is 0.359. The maximum absolute atomic E-state index is 10.6. The highest BCUT2D eigenvalue weighted by atomic mass is 79.9. The monoisotopic (exact) mass is 353 g/mol. The van der Waals surface area contributed by atoms with Crippen LogP contribution in [-0.2, 0) is 17.8 Å². The summed E-state index contributed by atoms with van der Waals surface area (Å²) >= 11 is 3.19. The van der Waals surface area contributed by atoms with Crippen molar-refractivity contribution in [3.63, 3.8) is 0 Å². The third-order valence-corrected chi connectivity index (χ3v) is 2.89. The van der Waals surface area contributed by atoms with Crippen molar-refractivity contribution in [2.75, 3.05) is 0 Å². The summed E-state index contributed by atoms with van der Waals surface area (Å²) < 4.78 is 12.7. The Morgan fingerprint density at radius 3 is 2.86 bits per heavy atom. The predicted molar refractivity (Wildman–Crippen MR) is 70.2 cm³/mol. The van der Waals surface area contributed by atoms with Crippen molar-refractivity contribution in [1.29, 1.82) is 0 Å². The second kappa shape index (κ2) is 5.48. The molecule has 3 aromatic rings. The summed E-state index contributed by atoms with van der Waals surface area (Å²) in [4.78, 5) is 10.6. The molecule has 3 heterocycles. The van der Waals surface area contributed by atoms with Crippen molar-refractivity contribution in [3.05, 3.63) is 34.6 Å². The van der Waals surface area contributed by atoms with Crippen LogP contribution in [0.3, 0.4) is 0 Å². The number of hydrogen-bond acceptors (Lipinski definition) is 7. The number of halogens is 1. The lowest BCUT2D eigenvalue weighted by molar-refractivity contribution is -0.136. The average molecular weight is 354 g/mol. The molecular weight excluding hydrogens is 346 g/mol. The molecule has 0 unspecified atom stereocenters. The lowest BCUT2D eigenvalue weighted by Crippen LogP contribution is -2.01. The molecule has 21 heavy (non-hydrogen) atoms. The number of furan rings is 1. The second-order valence-corrected chi connectivity index (χ2v) is 4.86. The fourth-order valence-electron chi connectivity index (χ4n) is 1.64. The Morgan fingerprint density at radius 1 is 1.29 bits per heavy atom. The van der Waals surface area contributed by atoms with Gasteiger partial charge in [-0.1, -0.05) is 5.21 Å².